The number of rotatable bonds is 4. The average Bonchev–Trinajstić information content (AvgIpc) is 2.73. The number of carbonyl (C=O) groups is 1. The largest absolute Gasteiger partial charge is 0.351 e. The molecule has 0 aromatic carbocycles. The molecule has 1 aromatic heterocycles. The maximum atomic E-state index is 11.6. The monoisotopic (exact) mass is 242 g/mol. The van der Waals surface area contributed by atoms with E-state index in [-0.39, 0.29) is 11.5 Å². The van der Waals surface area contributed by atoms with E-state index in [9.17, 15) is 4.79 Å². The van der Waals surface area contributed by atoms with E-state index in [1.165, 1.54) is 6.08 Å². The Hall–Kier alpha value is -2.53. The van der Waals surface area contributed by atoms with Crippen LogP contribution in [0.25, 0.3) is 6.08 Å². The summed E-state index contributed by atoms with van der Waals surface area (Å²) in [6.07, 6.45) is 3.99. The molecule has 1 N–H and O–H groups in total. The topological polar surface area (TPSA) is 81.6 Å². The zero-order valence-corrected chi connectivity index (χ0v) is 10.4. The molecule has 0 atom stereocenters. The third-order valence-corrected chi connectivity index (χ3v) is 2.35. The standard InChI is InChI=1S/C13H14N4O/c1-3-4-16-13(18)11(7-14)5-10-6-12(8-15)17(2)9-10/h5-6,9H,3-4H2,1-2H3,(H,16,18)/b11-5-. The predicted molar refractivity (Wildman–Crippen MR) is 67.0 cm³/mol. The minimum Gasteiger partial charge on any atom is -0.351 e. The number of carbonyl (C=O) groups excluding carboxylic acids is 1. The first-order chi connectivity index (χ1) is 8.62. The van der Waals surface area contributed by atoms with Gasteiger partial charge in [0.25, 0.3) is 5.91 Å². The van der Waals surface area contributed by atoms with Crippen molar-refractivity contribution in [2.24, 2.45) is 7.05 Å². The van der Waals surface area contributed by atoms with Crippen LogP contribution in [0.5, 0.6) is 0 Å². The van der Waals surface area contributed by atoms with Gasteiger partial charge in [0.05, 0.1) is 0 Å². The van der Waals surface area contributed by atoms with Gasteiger partial charge in [-0.1, -0.05) is 6.92 Å². The SMILES string of the molecule is CCCNC(=O)/C(C#N)=C\c1cc(C#N)n(C)c1. The van der Waals surface area contributed by atoms with E-state index >= 15 is 0 Å². The molecule has 1 amide bonds. The number of nitrogens with one attached hydrogen (secondary N) is 1. The number of nitriles is 2. The molecule has 92 valence electrons. The zero-order chi connectivity index (χ0) is 13.5. The molecule has 0 radical (unpaired) electrons. The molecule has 0 aliphatic carbocycles. The van der Waals surface area contributed by atoms with Crippen molar-refractivity contribution in [3.05, 3.63) is 29.1 Å². The van der Waals surface area contributed by atoms with Crippen LogP contribution in [0.15, 0.2) is 17.8 Å². The van der Waals surface area contributed by atoms with Gasteiger partial charge in [-0.3, -0.25) is 4.79 Å². The van der Waals surface area contributed by atoms with Crippen LogP contribution in [-0.2, 0) is 11.8 Å². The second kappa shape index (κ2) is 6.27. The fourth-order valence-corrected chi connectivity index (χ4v) is 1.43. The molecule has 0 bridgehead atoms. The first-order valence-corrected chi connectivity index (χ1v) is 5.58. The summed E-state index contributed by atoms with van der Waals surface area (Å²) in [5.41, 5.74) is 1.18. The fraction of sp³-hybridized carbons (Fsp3) is 0.308. The molecule has 5 heteroatoms. The van der Waals surface area contributed by atoms with Gasteiger partial charge in [-0.05, 0) is 24.1 Å². The first-order valence-electron chi connectivity index (χ1n) is 5.58. The highest BCUT2D eigenvalue weighted by molar-refractivity contribution is 6.01. The van der Waals surface area contributed by atoms with Gasteiger partial charge in [-0.25, -0.2) is 0 Å². The van der Waals surface area contributed by atoms with Crippen LogP contribution in [0, 0.1) is 22.7 Å². The van der Waals surface area contributed by atoms with Crippen LogP contribution in [0.4, 0.5) is 0 Å². The normalized spacial score (nSPS) is 10.6. The van der Waals surface area contributed by atoms with Gasteiger partial charge in [0.15, 0.2) is 0 Å². The second-order valence-corrected chi connectivity index (χ2v) is 3.81. The number of amides is 1. The van der Waals surface area contributed by atoms with Gasteiger partial charge in [0.2, 0.25) is 0 Å². The van der Waals surface area contributed by atoms with Crippen molar-refractivity contribution in [1.82, 2.24) is 9.88 Å². The molecule has 0 saturated carbocycles. The van der Waals surface area contributed by atoms with Gasteiger partial charge in [-0.2, -0.15) is 10.5 Å². The summed E-state index contributed by atoms with van der Waals surface area (Å²) in [4.78, 5) is 11.6. The van der Waals surface area contributed by atoms with Crippen molar-refractivity contribution in [2.45, 2.75) is 13.3 Å². The van der Waals surface area contributed by atoms with Crippen LogP contribution in [0.3, 0.4) is 0 Å². The lowest BCUT2D eigenvalue weighted by atomic mass is 10.2. The summed E-state index contributed by atoms with van der Waals surface area (Å²) in [5.74, 6) is -0.387. The van der Waals surface area contributed by atoms with Gasteiger partial charge in [-0.15, -0.1) is 0 Å². The highest BCUT2D eigenvalue weighted by Gasteiger charge is 2.09. The van der Waals surface area contributed by atoms with E-state index < -0.39 is 0 Å². The Morgan fingerprint density at radius 2 is 2.28 bits per heavy atom. The van der Waals surface area contributed by atoms with Gasteiger partial charge >= 0.3 is 0 Å². The molecular formula is C13H14N4O. The van der Waals surface area contributed by atoms with Crippen molar-refractivity contribution in [3.63, 3.8) is 0 Å². The molecule has 0 spiro atoms. The van der Waals surface area contributed by atoms with Crippen LogP contribution in [0.1, 0.15) is 24.6 Å². The Balaban J connectivity index is 2.94. The summed E-state index contributed by atoms with van der Waals surface area (Å²) in [7, 11) is 1.74. The quantitative estimate of drug-likeness (QED) is 0.638. The third-order valence-electron chi connectivity index (χ3n) is 2.35. The number of nitrogens with zero attached hydrogens (tertiary/aromatic N) is 3. The number of aryl methyl sites for hydroxylation is 1. The average molecular weight is 242 g/mol. The number of hydrogen-bond donors (Lipinski definition) is 1. The Morgan fingerprint density at radius 1 is 1.56 bits per heavy atom. The molecular weight excluding hydrogens is 228 g/mol. The van der Waals surface area contributed by atoms with Crippen molar-refractivity contribution >= 4 is 12.0 Å². The molecule has 1 aromatic rings. The number of hydrogen-bond acceptors (Lipinski definition) is 3. The van der Waals surface area contributed by atoms with Gasteiger partial charge in [0, 0.05) is 19.8 Å². The first kappa shape index (κ1) is 13.5. The minimum atomic E-state index is -0.387. The lowest BCUT2D eigenvalue weighted by Crippen LogP contribution is -2.25. The second-order valence-electron chi connectivity index (χ2n) is 3.81. The maximum Gasteiger partial charge on any atom is 0.261 e. The maximum absolute atomic E-state index is 11.6. The van der Waals surface area contributed by atoms with Crippen molar-refractivity contribution in [2.75, 3.05) is 6.54 Å². The molecule has 1 rings (SSSR count). The Labute approximate surface area is 106 Å². The minimum absolute atomic E-state index is 0.0403. The highest BCUT2D eigenvalue weighted by Crippen LogP contribution is 2.10. The van der Waals surface area contributed by atoms with E-state index in [0.717, 1.165) is 6.42 Å². The summed E-state index contributed by atoms with van der Waals surface area (Å²) < 4.78 is 1.64. The molecule has 5 nitrogen and oxygen atoms in total. The third kappa shape index (κ3) is 3.23. The Morgan fingerprint density at radius 3 is 2.78 bits per heavy atom. The van der Waals surface area contributed by atoms with E-state index in [4.69, 9.17) is 10.5 Å². The molecule has 0 unspecified atom stereocenters. The Bertz CT molecular complexity index is 555. The van der Waals surface area contributed by atoms with E-state index in [2.05, 4.69) is 5.32 Å². The molecule has 1 heterocycles. The van der Waals surface area contributed by atoms with Crippen LogP contribution in [0.2, 0.25) is 0 Å². The molecule has 18 heavy (non-hydrogen) atoms. The van der Waals surface area contributed by atoms with E-state index in [0.29, 0.717) is 17.8 Å². The Kier molecular flexibility index (Phi) is 4.71. The molecule has 0 saturated heterocycles. The lowest BCUT2D eigenvalue weighted by molar-refractivity contribution is -0.117. The highest BCUT2D eigenvalue weighted by atomic mass is 16.1. The van der Waals surface area contributed by atoms with Gasteiger partial charge < -0.3 is 9.88 Å². The van der Waals surface area contributed by atoms with Crippen molar-refractivity contribution < 1.29 is 4.79 Å². The van der Waals surface area contributed by atoms with E-state index in [1.807, 2.05) is 19.1 Å². The van der Waals surface area contributed by atoms with E-state index in [1.54, 1.807) is 23.9 Å². The molecule has 0 fully saturated rings. The predicted octanol–water partition coefficient (Wildman–Crippen LogP) is 1.33. The van der Waals surface area contributed by atoms with Gasteiger partial charge in [0.1, 0.15) is 23.4 Å². The molecule has 0 aliphatic rings. The van der Waals surface area contributed by atoms with Crippen LogP contribution < -0.4 is 5.32 Å². The fourth-order valence-electron chi connectivity index (χ4n) is 1.43. The van der Waals surface area contributed by atoms with Crippen LogP contribution >= 0.6 is 0 Å². The molecule has 0 aliphatic heterocycles. The summed E-state index contributed by atoms with van der Waals surface area (Å²) in [5, 5.41) is 20.4. The smallest absolute Gasteiger partial charge is 0.261 e. The number of aromatic nitrogens is 1. The van der Waals surface area contributed by atoms with Crippen LogP contribution in [-0.4, -0.2) is 17.0 Å². The summed E-state index contributed by atoms with van der Waals surface area (Å²) >= 11 is 0. The lowest BCUT2D eigenvalue weighted by Gasteiger charge is -2.00. The zero-order valence-electron chi connectivity index (χ0n) is 10.4. The van der Waals surface area contributed by atoms with Crippen molar-refractivity contribution in [3.8, 4) is 12.1 Å². The van der Waals surface area contributed by atoms with Crippen molar-refractivity contribution in [1.29, 1.82) is 10.5 Å². The summed E-state index contributed by atoms with van der Waals surface area (Å²) in [6.45, 7) is 2.47. The summed E-state index contributed by atoms with van der Waals surface area (Å²) in [6, 6.07) is 5.51.